The second kappa shape index (κ2) is 7.97. The molecule has 0 saturated heterocycles. The minimum atomic E-state index is -0.285. The highest BCUT2D eigenvalue weighted by molar-refractivity contribution is 7.99. The number of nitrogens with zero attached hydrogens (tertiary/aromatic N) is 1. The molecule has 0 unspecified atom stereocenters. The fourth-order valence-electron chi connectivity index (χ4n) is 1.56. The third-order valence-corrected chi connectivity index (χ3v) is 3.64. The van der Waals surface area contributed by atoms with Crippen LogP contribution in [0.2, 0.25) is 0 Å². The molecule has 1 aromatic carbocycles. The van der Waals surface area contributed by atoms with Crippen LogP contribution in [0.1, 0.15) is 33.1 Å². The summed E-state index contributed by atoms with van der Waals surface area (Å²) in [5.74, 6) is 0.925. The molecule has 0 aliphatic heterocycles. The number of benzene rings is 1. The van der Waals surface area contributed by atoms with Crippen LogP contribution in [0.15, 0.2) is 23.1 Å². The normalized spacial score (nSPS) is 10.3. The van der Waals surface area contributed by atoms with Gasteiger partial charge >= 0.3 is 5.69 Å². The largest absolute Gasteiger partial charge is 0.379 e. The first-order valence-electron chi connectivity index (χ1n) is 6.34. The van der Waals surface area contributed by atoms with Crippen LogP contribution in [0.4, 0.5) is 11.4 Å². The maximum atomic E-state index is 11.2. The van der Waals surface area contributed by atoms with Gasteiger partial charge in [-0.25, -0.2) is 0 Å². The van der Waals surface area contributed by atoms with E-state index >= 15 is 0 Å². The molecule has 0 radical (unpaired) electrons. The third kappa shape index (κ3) is 4.22. The molecule has 0 aromatic heterocycles. The summed E-state index contributed by atoms with van der Waals surface area (Å²) in [5.41, 5.74) is 0.843. The van der Waals surface area contributed by atoms with E-state index in [1.807, 2.05) is 19.1 Å². The van der Waals surface area contributed by atoms with Gasteiger partial charge in [-0.1, -0.05) is 26.3 Å². The van der Waals surface area contributed by atoms with Gasteiger partial charge in [0.2, 0.25) is 0 Å². The molecule has 5 heteroatoms. The van der Waals surface area contributed by atoms with E-state index in [4.69, 9.17) is 0 Å². The second-order valence-electron chi connectivity index (χ2n) is 4.04. The lowest BCUT2D eigenvalue weighted by atomic mass is 10.2. The van der Waals surface area contributed by atoms with Crippen LogP contribution >= 0.6 is 11.8 Å². The Hall–Kier alpha value is -1.23. The van der Waals surface area contributed by atoms with E-state index in [2.05, 4.69) is 12.2 Å². The fraction of sp³-hybridized carbons (Fsp3) is 0.538. The van der Waals surface area contributed by atoms with Gasteiger partial charge in [-0.05, 0) is 30.7 Å². The second-order valence-corrected chi connectivity index (χ2v) is 5.17. The van der Waals surface area contributed by atoms with E-state index in [1.165, 1.54) is 0 Å². The molecule has 0 atom stereocenters. The van der Waals surface area contributed by atoms with Gasteiger partial charge in [0.25, 0.3) is 0 Å². The summed E-state index contributed by atoms with van der Waals surface area (Å²) < 4.78 is 0. The van der Waals surface area contributed by atoms with Gasteiger partial charge in [0.05, 0.1) is 9.82 Å². The zero-order chi connectivity index (χ0) is 13.4. The van der Waals surface area contributed by atoms with E-state index in [1.54, 1.807) is 17.8 Å². The summed E-state index contributed by atoms with van der Waals surface area (Å²) in [4.78, 5) is 11.7. The molecule has 0 fully saturated rings. The van der Waals surface area contributed by atoms with Crippen LogP contribution in [0, 0.1) is 10.1 Å². The van der Waals surface area contributed by atoms with Gasteiger partial charge in [-0.2, -0.15) is 0 Å². The van der Waals surface area contributed by atoms with Gasteiger partial charge < -0.3 is 5.32 Å². The van der Waals surface area contributed by atoms with Crippen LogP contribution in [0.5, 0.6) is 0 Å². The lowest BCUT2D eigenvalue weighted by Gasteiger charge is -2.09. The van der Waals surface area contributed by atoms with E-state index in [0.29, 0.717) is 5.69 Å². The van der Waals surface area contributed by atoms with Crippen molar-refractivity contribution in [3.8, 4) is 0 Å². The molecule has 0 heterocycles. The zero-order valence-corrected chi connectivity index (χ0v) is 11.8. The van der Waals surface area contributed by atoms with Crippen molar-refractivity contribution >= 4 is 23.1 Å². The molecule has 0 amide bonds. The van der Waals surface area contributed by atoms with E-state index in [9.17, 15) is 10.1 Å². The number of rotatable bonds is 8. The summed E-state index contributed by atoms with van der Waals surface area (Å²) in [6, 6.07) is 5.48. The van der Waals surface area contributed by atoms with Crippen molar-refractivity contribution in [1.82, 2.24) is 0 Å². The van der Waals surface area contributed by atoms with Crippen molar-refractivity contribution in [1.29, 1.82) is 0 Å². The van der Waals surface area contributed by atoms with E-state index in [0.717, 1.165) is 36.5 Å². The number of nitro groups is 1. The van der Waals surface area contributed by atoms with Crippen LogP contribution in [-0.2, 0) is 0 Å². The topological polar surface area (TPSA) is 55.2 Å². The first-order chi connectivity index (χ1) is 8.70. The Kier molecular flexibility index (Phi) is 6.57. The zero-order valence-electron chi connectivity index (χ0n) is 10.9. The average molecular weight is 268 g/mol. The molecule has 1 N–H and O–H groups in total. The minimum Gasteiger partial charge on any atom is -0.379 e. The Bertz CT molecular complexity index is 397. The highest BCUT2D eigenvalue weighted by Gasteiger charge is 2.19. The van der Waals surface area contributed by atoms with Crippen LogP contribution in [-0.4, -0.2) is 17.2 Å². The lowest BCUT2D eigenvalue weighted by molar-refractivity contribution is -0.386. The van der Waals surface area contributed by atoms with Gasteiger partial charge in [0.1, 0.15) is 5.69 Å². The van der Waals surface area contributed by atoms with Crippen molar-refractivity contribution < 1.29 is 4.92 Å². The number of anilines is 1. The third-order valence-electron chi connectivity index (χ3n) is 2.50. The highest BCUT2D eigenvalue weighted by atomic mass is 32.2. The molecule has 100 valence electrons. The highest BCUT2D eigenvalue weighted by Crippen LogP contribution is 2.35. The van der Waals surface area contributed by atoms with Gasteiger partial charge in [-0.15, -0.1) is 11.8 Å². The first kappa shape index (κ1) is 14.8. The van der Waals surface area contributed by atoms with Crippen molar-refractivity contribution in [3.05, 3.63) is 28.3 Å². The van der Waals surface area contributed by atoms with Crippen LogP contribution < -0.4 is 5.32 Å². The molecule has 0 aliphatic rings. The summed E-state index contributed by atoms with van der Waals surface area (Å²) in [6.07, 6.45) is 3.13. The molecule has 4 nitrogen and oxygen atoms in total. The molecule has 1 aromatic rings. The molecular weight excluding hydrogens is 248 g/mol. The van der Waals surface area contributed by atoms with Gasteiger partial charge in [-0.3, -0.25) is 10.1 Å². The predicted molar refractivity (Wildman–Crippen MR) is 77.5 cm³/mol. The Morgan fingerprint density at radius 2 is 2.11 bits per heavy atom. The summed E-state index contributed by atoms with van der Waals surface area (Å²) in [6.45, 7) is 4.91. The number of hydrogen-bond donors (Lipinski definition) is 1. The molecule has 0 spiro atoms. The summed E-state index contributed by atoms with van der Waals surface area (Å²) >= 11 is 1.57. The molecule has 0 bridgehead atoms. The number of para-hydroxylation sites is 1. The molecule has 0 saturated carbocycles. The van der Waals surface area contributed by atoms with Crippen molar-refractivity contribution in [2.45, 2.75) is 38.0 Å². The monoisotopic (exact) mass is 268 g/mol. The Balaban J connectivity index is 2.90. The molecule has 1 rings (SSSR count). The van der Waals surface area contributed by atoms with Gasteiger partial charge in [0, 0.05) is 6.54 Å². The van der Waals surface area contributed by atoms with E-state index in [-0.39, 0.29) is 10.6 Å². The number of hydrogen-bond acceptors (Lipinski definition) is 4. The summed E-state index contributed by atoms with van der Waals surface area (Å²) in [7, 11) is 0. The minimum absolute atomic E-state index is 0.215. The number of unbranched alkanes of at least 4 members (excludes halogenated alkanes) is 1. The van der Waals surface area contributed by atoms with Crippen LogP contribution in [0.25, 0.3) is 0 Å². The van der Waals surface area contributed by atoms with Crippen LogP contribution in [0.3, 0.4) is 0 Å². The van der Waals surface area contributed by atoms with Crippen molar-refractivity contribution in [2.24, 2.45) is 0 Å². The van der Waals surface area contributed by atoms with Crippen molar-refractivity contribution in [3.63, 3.8) is 0 Å². The average Bonchev–Trinajstić information content (AvgIpc) is 2.36. The molecular formula is C13H20N2O2S. The number of nitrogens with one attached hydrogen (secondary N) is 1. The quantitative estimate of drug-likeness (QED) is 0.330. The first-order valence-corrected chi connectivity index (χ1v) is 7.33. The molecule has 0 aliphatic carbocycles. The standard InChI is InChI=1S/C13H20N2O2S/c1-3-5-10-18-12-8-6-7-11(14-9-4-2)13(12)15(16)17/h6-8,14H,3-5,9-10H2,1-2H3. The predicted octanol–water partition coefficient (Wildman–Crippen LogP) is 4.31. The van der Waals surface area contributed by atoms with Gasteiger partial charge in [0.15, 0.2) is 0 Å². The Morgan fingerprint density at radius 1 is 1.33 bits per heavy atom. The molecule has 18 heavy (non-hydrogen) atoms. The SMILES string of the molecule is CCCCSc1cccc(NCCC)c1[N+](=O)[O-]. The summed E-state index contributed by atoms with van der Waals surface area (Å²) in [5, 5.41) is 14.3. The maximum Gasteiger partial charge on any atom is 0.305 e. The smallest absolute Gasteiger partial charge is 0.305 e. The van der Waals surface area contributed by atoms with E-state index < -0.39 is 0 Å². The Morgan fingerprint density at radius 3 is 2.72 bits per heavy atom. The maximum absolute atomic E-state index is 11.2. The number of thioether (sulfide) groups is 1. The fourth-order valence-corrected chi connectivity index (χ4v) is 2.70. The van der Waals surface area contributed by atoms with Crippen molar-refractivity contribution in [2.75, 3.05) is 17.6 Å². The Labute approximate surface area is 112 Å². The lowest BCUT2D eigenvalue weighted by Crippen LogP contribution is -2.04. The number of nitro benzene ring substituents is 1.